The fraction of sp³-hybridized carbons (Fsp3) is 0.0833. The Balaban J connectivity index is 1.27. The quantitative estimate of drug-likeness (QED) is 0.416. The van der Waals surface area contributed by atoms with E-state index < -0.39 is 0 Å². The van der Waals surface area contributed by atoms with Gasteiger partial charge in [0, 0.05) is 24.1 Å². The number of rotatable bonds is 6. The zero-order valence-corrected chi connectivity index (χ0v) is 18.5. The molecule has 168 valence electrons. The van der Waals surface area contributed by atoms with Crippen LogP contribution in [-0.4, -0.2) is 40.4 Å². The highest BCUT2D eigenvalue weighted by Crippen LogP contribution is 2.23. The predicted octanol–water partition coefficient (Wildman–Crippen LogP) is 3.90. The summed E-state index contributed by atoms with van der Waals surface area (Å²) in [5, 5.41) is 11.2. The molecule has 5 aromatic rings. The van der Waals surface area contributed by atoms with Crippen molar-refractivity contribution in [1.29, 1.82) is 0 Å². The first-order valence-electron chi connectivity index (χ1n) is 10.5. The summed E-state index contributed by atoms with van der Waals surface area (Å²) in [5.74, 6) is 2.68. The van der Waals surface area contributed by atoms with Gasteiger partial charge < -0.3 is 10.1 Å². The number of ether oxygens (including phenoxy) is 1. The number of nitrogens with one attached hydrogen (secondary N) is 1. The topological polar surface area (TPSA) is 113 Å². The maximum atomic E-state index is 12.6. The van der Waals surface area contributed by atoms with Gasteiger partial charge in [-0.15, -0.1) is 5.10 Å². The Hall–Kier alpha value is -4.86. The zero-order valence-electron chi connectivity index (χ0n) is 18.5. The number of amides is 1. The molecule has 0 atom stereocenters. The lowest BCUT2D eigenvalue weighted by atomic mass is 10.3. The Morgan fingerprint density at radius 1 is 1.00 bits per heavy atom. The molecule has 34 heavy (non-hydrogen) atoms. The summed E-state index contributed by atoms with van der Waals surface area (Å²) >= 11 is 0. The molecule has 10 heteroatoms. The lowest BCUT2D eigenvalue weighted by Gasteiger charge is -2.10. The molecule has 0 saturated carbocycles. The highest BCUT2D eigenvalue weighted by molar-refractivity contribution is 6.02. The number of nitrogens with zero attached hydrogens (tertiary/aromatic N) is 7. The second-order valence-electron chi connectivity index (χ2n) is 7.39. The molecule has 2 aromatic carbocycles. The van der Waals surface area contributed by atoms with E-state index in [9.17, 15) is 4.79 Å². The number of carbonyl (C=O) groups excluding carboxylic acids is 1. The molecule has 0 unspecified atom stereocenters. The number of para-hydroxylation sites is 1. The largest absolute Gasteiger partial charge is 0.439 e. The molecule has 0 spiro atoms. The minimum absolute atomic E-state index is 0.211. The lowest BCUT2D eigenvalue weighted by Crippen LogP contribution is -2.13. The summed E-state index contributed by atoms with van der Waals surface area (Å²) in [6.45, 7) is 3.70. The standard InChI is InChI=1S/C24H20N8O2/c1-16-27-22(31-13-12-25-17(31)2)14-23(28-16)34-20-10-8-18(9-11-20)29-24(33)21-15-26-32(30-21)19-6-4-3-5-7-19/h3-15H,1-2H3,(H,29,33). The van der Waals surface area contributed by atoms with Crippen LogP contribution in [0.4, 0.5) is 5.69 Å². The van der Waals surface area contributed by atoms with Crippen molar-refractivity contribution in [2.24, 2.45) is 0 Å². The van der Waals surface area contributed by atoms with Crippen molar-refractivity contribution in [3.63, 3.8) is 0 Å². The van der Waals surface area contributed by atoms with Crippen molar-refractivity contribution in [1.82, 2.24) is 34.5 Å². The number of imidazole rings is 1. The van der Waals surface area contributed by atoms with E-state index in [1.165, 1.54) is 11.0 Å². The third-order valence-corrected chi connectivity index (χ3v) is 4.92. The molecule has 0 aliphatic heterocycles. The molecule has 3 heterocycles. The zero-order chi connectivity index (χ0) is 23.5. The lowest BCUT2D eigenvalue weighted by molar-refractivity contribution is 0.102. The predicted molar refractivity (Wildman–Crippen MR) is 124 cm³/mol. The Morgan fingerprint density at radius 3 is 2.53 bits per heavy atom. The highest BCUT2D eigenvalue weighted by atomic mass is 16.5. The fourth-order valence-electron chi connectivity index (χ4n) is 3.30. The van der Waals surface area contributed by atoms with E-state index in [0.29, 0.717) is 29.0 Å². The van der Waals surface area contributed by atoms with Gasteiger partial charge in [0.25, 0.3) is 5.91 Å². The third kappa shape index (κ3) is 4.51. The smallest absolute Gasteiger partial charge is 0.277 e. The Morgan fingerprint density at radius 2 is 1.79 bits per heavy atom. The van der Waals surface area contributed by atoms with Crippen molar-refractivity contribution in [2.75, 3.05) is 5.32 Å². The Kier molecular flexibility index (Phi) is 5.53. The Labute approximate surface area is 194 Å². The minimum atomic E-state index is -0.359. The maximum absolute atomic E-state index is 12.6. The number of carbonyl (C=O) groups is 1. The number of hydrogen-bond donors (Lipinski definition) is 1. The van der Waals surface area contributed by atoms with Crippen LogP contribution < -0.4 is 10.1 Å². The SMILES string of the molecule is Cc1nc(Oc2ccc(NC(=O)c3cnn(-c4ccccc4)n3)cc2)cc(-n2ccnc2C)n1. The highest BCUT2D eigenvalue weighted by Gasteiger charge is 2.12. The normalized spacial score (nSPS) is 10.8. The van der Waals surface area contributed by atoms with Gasteiger partial charge in [-0.1, -0.05) is 18.2 Å². The number of aromatic nitrogens is 7. The maximum Gasteiger partial charge on any atom is 0.277 e. The first kappa shape index (κ1) is 21.0. The molecule has 0 aliphatic rings. The van der Waals surface area contributed by atoms with Crippen molar-refractivity contribution in [3.05, 3.63) is 96.6 Å². The van der Waals surface area contributed by atoms with Crippen LogP contribution in [0.3, 0.4) is 0 Å². The number of benzene rings is 2. The van der Waals surface area contributed by atoms with Crippen LogP contribution in [0.5, 0.6) is 11.6 Å². The molecule has 3 aromatic heterocycles. The van der Waals surface area contributed by atoms with Gasteiger partial charge in [0.2, 0.25) is 5.88 Å². The second-order valence-corrected chi connectivity index (χ2v) is 7.39. The van der Waals surface area contributed by atoms with Crippen LogP contribution in [0.1, 0.15) is 22.1 Å². The van der Waals surface area contributed by atoms with E-state index >= 15 is 0 Å². The van der Waals surface area contributed by atoms with Gasteiger partial charge in [0.15, 0.2) is 5.69 Å². The monoisotopic (exact) mass is 452 g/mol. The summed E-state index contributed by atoms with van der Waals surface area (Å²) in [4.78, 5) is 27.0. The van der Waals surface area contributed by atoms with Crippen LogP contribution in [0.25, 0.3) is 11.5 Å². The van der Waals surface area contributed by atoms with E-state index in [2.05, 4.69) is 30.5 Å². The van der Waals surface area contributed by atoms with Gasteiger partial charge in [0.05, 0.1) is 11.9 Å². The van der Waals surface area contributed by atoms with Crippen LogP contribution in [0, 0.1) is 13.8 Å². The van der Waals surface area contributed by atoms with Crippen molar-refractivity contribution >= 4 is 11.6 Å². The molecule has 0 bridgehead atoms. The summed E-state index contributed by atoms with van der Waals surface area (Å²) < 4.78 is 7.77. The van der Waals surface area contributed by atoms with Crippen LogP contribution in [-0.2, 0) is 0 Å². The van der Waals surface area contributed by atoms with Crippen molar-refractivity contribution in [2.45, 2.75) is 13.8 Å². The molecule has 1 N–H and O–H groups in total. The average molecular weight is 452 g/mol. The minimum Gasteiger partial charge on any atom is -0.439 e. The number of hydrogen-bond acceptors (Lipinski definition) is 7. The molecular formula is C24H20N8O2. The number of anilines is 1. The van der Waals surface area contributed by atoms with E-state index in [1.807, 2.05) is 48.0 Å². The van der Waals surface area contributed by atoms with E-state index in [0.717, 1.165) is 11.5 Å². The van der Waals surface area contributed by atoms with Crippen molar-refractivity contribution < 1.29 is 9.53 Å². The van der Waals surface area contributed by atoms with E-state index in [1.54, 1.807) is 43.5 Å². The van der Waals surface area contributed by atoms with Gasteiger partial charge in [-0.25, -0.2) is 9.97 Å². The molecule has 0 saturated heterocycles. The van der Waals surface area contributed by atoms with E-state index in [4.69, 9.17) is 4.74 Å². The second kappa shape index (κ2) is 8.94. The van der Waals surface area contributed by atoms with Gasteiger partial charge >= 0.3 is 0 Å². The van der Waals surface area contributed by atoms with Crippen molar-refractivity contribution in [3.8, 4) is 23.1 Å². The summed E-state index contributed by atoms with van der Waals surface area (Å²) in [5.41, 5.74) is 1.58. The molecule has 0 radical (unpaired) electrons. The molecular weight excluding hydrogens is 432 g/mol. The third-order valence-electron chi connectivity index (χ3n) is 4.92. The first-order chi connectivity index (χ1) is 16.5. The molecule has 0 fully saturated rings. The van der Waals surface area contributed by atoms with Gasteiger partial charge in [-0.3, -0.25) is 9.36 Å². The van der Waals surface area contributed by atoms with Gasteiger partial charge in [-0.2, -0.15) is 14.9 Å². The molecule has 0 aliphatic carbocycles. The summed E-state index contributed by atoms with van der Waals surface area (Å²) in [6.07, 6.45) is 4.97. The van der Waals surface area contributed by atoms with Crippen LogP contribution in [0.15, 0.2) is 79.3 Å². The first-order valence-corrected chi connectivity index (χ1v) is 10.5. The van der Waals surface area contributed by atoms with Gasteiger partial charge in [-0.05, 0) is 50.2 Å². The Bertz CT molecular complexity index is 1440. The van der Waals surface area contributed by atoms with Crippen LogP contribution >= 0.6 is 0 Å². The summed E-state index contributed by atoms with van der Waals surface area (Å²) in [7, 11) is 0. The fourth-order valence-corrected chi connectivity index (χ4v) is 3.30. The average Bonchev–Trinajstić information content (AvgIpc) is 3.50. The number of aryl methyl sites for hydroxylation is 2. The summed E-state index contributed by atoms with van der Waals surface area (Å²) in [6, 6.07) is 18.1. The molecule has 1 amide bonds. The molecule has 5 rings (SSSR count). The van der Waals surface area contributed by atoms with E-state index in [-0.39, 0.29) is 11.6 Å². The van der Waals surface area contributed by atoms with Crippen LogP contribution in [0.2, 0.25) is 0 Å². The molecule has 10 nitrogen and oxygen atoms in total. The van der Waals surface area contributed by atoms with Gasteiger partial charge in [0.1, 0.15) is 23.2 Å².